The summed E-state index contributed by atoms with van der Waals surface area (Å²) in [4.78, 5) is 16.3. The highest BCUT2D eigenvalue weighted by Crippen LogP contribution is 2.34. The van der Waals surface area contributed by atoms with Gasteiger partial charge in [0.2, 0.25) is 5.91 Å². The van der Waals surface area contributed by atoms with E-state index in [0.29, 0.717) is 43.7 Å². The Balaban J connectivity index is 0.00000225. The van der Waals surface area contributed by atoms with Crippen molar-refractivity contribution < 1.29 is 9.53 Å². The number of amides is 1. The van der Waals surface area contributed by atoms with Crippen LogP contribution in [-0.2, 0) is 9.53 Å². The number of carbonyl (C=O) groups excluding carboxylic acids is 1. The highest BCUT2D eigenvalue weighted by atomic mass is 127. The lowest BCUT2D eigenvalue weighted by Crippen LogP contribution is -2.48. The first-order chi connectivity index (χ1) is 11.7. The molecule has 1 saturated carbocycles. The molecule has 3 aliphatic rings. The molecule has 0 aromatic carbocycles. The van der Waals surface area contributed by atoms with Gasteiger partial charge in [-0.15, -0.1) is 24.0 Å². The fourth-order valence-electron chi connectivity index (χ4n) is 4.27. The average Bonchev–Trinajstić information content (AvgIpc) is 3.21. The molecule has 3 unspecified atom stereocenters. The van der Waals surface area contributed by atoms with E-state index in [-0.39, 0.29) is 29.9 Å². The summed E-state index contributed by atoms with van der Waals surface area (Å²) in [6.07, 6.45) is 11.2. The average molecular weight is 464 g/mol. The van der Waals surface area contributed by atoms with E-state index < -0.39 is 0 Å². The molecular formula is C18H33IN4O2. The number of hydrogen-bond donors (Lipinski definition) is 3. The fraction of sp³-hybridized carbons (Fsp3) is 0.889. The number of aliphatic imine (C=N–C) groups is 1. The lowest BCUT2D eigenvalue weighted by Gasteiger charge is -2.23. The Kier molecular flexibility index (Phi) is 8.75. The van der Waals surface area contributed by atoms with Crippen molar-refractivity contribution >= 4 is 35.8 Å². The Morgan fingerprint density at radius 3 is 2.48 bits per heavy atom. The molecule has 0 aromatic rings. The van der Waals surface area contributed by atoms with Crippen molar-refractivity contribution in [3.05, 3.63) is 0 Å². The maximum Gasteiger partial charge on any atom is 0.220 e. The number of carbonyl (C=O) groups is 1. The summed E-state index contributed by atoms with van der Waals surface area (Å²) in [6, 6.07) is 0.371. The summed E-state index contributed by atoms with van der Waals surface area (Å²) in [5.41, 5.74) is 0. The van der Waals surface area contributed by atoms with Crippen LogP contribution < -0.4 is 16.0 Å². The molecule has 144 valence electrons. The van der Waals surface area contributed by atoms with E-state index in [9.17, 15) is 4.79 Å². The van der Waals surface area contributed by atoms with Crippen molar-refractivity contribution in [3.63, 3.8) is 0 Å². The van der Waals surface area contributed by atoms with Crippen LogP contribution in [0.1, 0.15) is 57.8 Å². The van der Waals surface area contributed by atoms with Crippen LogP contribution in [0.4, 0.5) is 0 Å². The Hall–Kier alpha value is -0.570. The summed E-state index contributed by atoms with van der Waals surface area (Å²) < 4.78 is 5.86. The number of hydrogen-bond acceptors (Lipinski definition) is 3. The van der Waals surface area contributed by atoms with Crippen LogP contribution in [0.25, 0.3) is 0 Å². The molecule has 2 heterocycles. The molecule has 3 fully saturated rings. The molecule has 25 heavy (non-hydrogen) atoms. The second kappa shape index (κ2) is 10.5. The number of halogens is 1. The highest BCUT2D eigenvalue weighted by Gasteiger charge is 2.41. The zero-order valence-corrected chi connectivity index (χ0v) is 17.6. The third kappa shape index (κ3) is 6.27. The molecule has 0 spiro atoms. The van der Waals surface area contributed by atoms with Gasteiger partial charge in [0.25, 0.3) is 0 Å². The number of guanidine groups is 1. The zero-order valence-electron chi connectivity index (χ0n) is 15.3. The monoisotopic (exact) mass is 464 g/mol. The molecule has 3 rings (SSSR count). The third-order valence-electron chi connectivity index (χ3n) is 5.59. The van der Waals surface area contributed by atoms with Crippen LogP contribution in [-0.4, -0.2) is 50.3 Å². The quantitative estimate of drug-likeness (QED) is 0.244. The van der Waals surface area contributed by atoms with Gasteiger partial charge in [0.05, 0.1) is 18.2 Å². The van der Waals surface area contributed by atoms with Crippen LogP contribution in [0.2, 0.25) is 0 Å². The molecular weight excluding hydrogens is 431 g/mol. The standard InChI is InChI=1S/C18H32N4O2.HI/c1-19-18(22-15-12-14-7-8-16(15)24-14)21-10-9-20-17(23)11-13-5-3-2-4-6-13;/h13-16H,2-12H2,1H3,(H,20,23)(H2,19,21,22);1H. The van der Waals surface area contributed by atoms with Crippen LogP contribution in [0.5, 0.6) is 0 Å². The van der Waals surface area contributed by atoms with E-state index in [1.54, 1.807) is 7.05 Å². The largest absolute Gasteiger partial charge is 0.373 e. The van der Waals surface area contributed by atoms with Crippen molar-refractivity contribution in [1.29, 1.82) is 0 Å². The van der Waals surface area contributed by atoms with Gasteiger partial charge in [-0.25, -0.2) is 0 Å². The fourth-order valence-corrected chi connectivity index (χ4v) is 4.27. The van der Waals surface area contributed by atoms with Gasteiger partial charge in [-0.05, 0) is 38.0 Å². The van der Waals surface area contributed by atoms with E-state index in [4.69, 9.17) is 4.74 Å². The smallest absolute Gasteiger partial charge is 0.220 e. The normalized spacial score (nSPS) is 29.2. The maximum atomic E-state index is 12.0. The van der Waals surface area contributed by atoms with Crippen LogP contribution in [0.15, 0.2) is 4.99 Å². The Labute approximate surface area is 168 Å². The number of ether oxygens (including phenoxy) is 1. The summed E-state index contributed by atoms with van der Waals surface area (Å²) in [5.74, 6) is 1.59. The van der Waals surface area contributed by atoms with E-state index in [1.165, 1.54) is 38.5 Å². The first-order valence-electron chi connectivity index (χ1n) is 9.64. The van der Waals surface area contributed by atoms with Crippen LogP contribution in [0, 0.1) is 5.92 Å². The SMILES string of the molecule is CN=C(NCCNC(=O)CC1CCCCC1)NC1CC2CCC1O2.I. The van der Waals surface area contributed by atoms with Crippen molar-refractivity contribution in [2.75, 3.05) is 20.1 Å². The second-order valence-corrected chi connectivity index (χ2v) is 7.42. The molecule has 0 aromatic heterocycles. The number of fused-ring (bicyclic) bond motifs is 2. The summed E-state index contributed by atoms with van der Waals surface area (Å²) in [6.45, 7) is 1.33. The summed E-state index contributed by atoms with van der Waals surface area (Å²) in [5, 5.41) is 9.76. The van der Waals surface area contributed by atoms with E-state index in [1.807, 2.05) is 0 Å². The van der Waals surface area contributed by atoms with Gasteiger partial charge in [-0.2, -0.15) is 0 Å². The number of rotatable bonds is 6. The molecule has 3 N–H and O–H groups in total. The minimum Gasteiger partial charge on any atom is -0.373 e. The molecule has 2 saturated heterocycles. The molecule has 0 radical (unpaired) electrons. The molecule has 6 nitrogen and oxygen atoms in total. The Bertz CT molecular complexity index is 454. The van der Waals surface area contributed by atoms with E-state index in [0.717, 1.165) is 18.8 Å². The lowest BCUT2D eigenvalue weighted by molar-refractivity contribution is -0.122. The first kappa shape index (κ1) is 20.7. The topological polar surface area (TPSA) is 74.8 Å². The summed E-state index contributed by atoms with van der Waals surface area (Å²) in [7, 11) is 1.78. The van der Waals surface area contributed by atoms with Gasteiger partial charge in [0.15, 0.2) is 5.96 Å². The van der Waals surface area contributed by atoms with Gasteiger partial charge >= 0.3 is 0 Å². The van der Waals surface area contributed by atoms with Gasteiger partial charge in [0, 0.05) is 26.6 Å². The van der Waals surface area contributed by atoms with Crippen molar-refractivity contribution in [1.82, 2.24) is 16.0 Å². The Morgan fingerprint density at radius 1 is 1.08 bits per heavy atom. The third-order valence-corrected chi connectivity index (χ3v) is 5.59. The lowest BCUT2D eigenvalue weighted by atomic mass is 9.87. The number of nitrogens with zero attached hydrogens (tertiary/aromatic N) is 1. The van der Waals surface area contributed by atoms with Gasteiger partial charge in [-0.1, -0.05) is 19.3 Å². The molecule has 3 atom stereocenters. The zero-order chi connectivity index (χ0) is 16.8. The maximum absolute atomic E-state index is 12.0. The highest BCUT2D eigenvalue weighted by molar-refractivity contribution is 14.0. The molecule has 2 aliphatic heterocycles. The van der Waals surface area contributed by atoms with E-state index >= 15 is 0 Å². The van der Waals surface area contributed by atoms with Crippen LogP contribution >= 0.6 is 24.0 Å². The van der Waals surface area contributed by atoms with Crippen molar-refractivity contribution in [3.8, 4) is 0 Å². The van der Waals surface area contributed by atoms with Gasteiger partial charge in [0.1, 0.15) is 0 Å². The summed E-state index contributed by atoms with van der Waals surface area (Å²) >= 11 is 0. The Morgan fingerprint density at radius 2 is 1.84 bits per heavy atom. The van der Waals surface area contributed by atoms with Crippen LogP contribution in [0.3, 0.4) is 0 Å². The first-order valence-corrected chi connectivity index (χ1v) is 9.64. The van der Waals surface area contributed by atoms with Crippen molar-refractivity contribution in [2.24, 2.45) is 10.9 Å². The molecule has 1 amide bonds. The van der Waals surface area contributed by atoms with Crippen molar-refractivity contribution in [2.45, 2.75) is 76.0 Å². The molecule has 2 bridgehead atoms. The van der Waals surface area contributed by atoms with E-state index in [2.05, 4.69) is 20.9 Å². The molecule has 7 heteroatoms. The predicted molar refractivity (Wildman–Crippen MR) is 110 cm³/mol. The van der Waals surface area contributed by atoms with Gasteiger partial charge in [-0.3, -0.25) is 9.79 Å². The second-order valence-electron chi connectivity index (χ2n) is 7.42. The molecule has 1 aliphatic carbocycles. The number of nitrogens with one attached hydrogen (secondary N) is 3. The van der Waals surface area contributed by atoms with Gasteiger partial charge < -0.3 is 20.7 Å². The predicted octanol–water partition coefficient (Wildman–Crippen LogP) is 2.18. The minimum absolute atomic E-state index is 0. The minimum atomic E-state index is 0.